The van der Waals surface area contributed by atoms with E-state index in [0.29, 0.717) is 17.5 Å². The van der Waals surface area contributed by atoms with Gasteiger partial charge < -0.3 is 13.6 Å². The molecule has 0 radical (unpaired) electrons. The van der Waals surface area contributed by atoms with Crippen molar-refractivity contribution in [3.05, 3.63) is 212 Å². The van der Waals surface area contributed by atoms with Crippen molar-refractivity contribution in [2.24, 2.45) is 0 Å². The molecule has 0 amide bonds. The summed E-state index contributed by atoms with van der Waals surface area (Å²) < 4.78 is 14.1. The summed E-state index contributed by atoms with van der Waals surface area (Å²) in [5.74, 6) is 1.69. The molecular weight excluding hydrogens is 851 g/mol. The molecule has 0 saturated heterocycles. The lowest BCUT2D eigenvalue weighted by atomic mass is 10.0. The van der Waals surface area contributed by atoms with Crippen molar-refractivity contribution < 1.29 is 4.42 Å². The fourth-order valence-electron chi connectivity index (χ4n) is 10.7. The Bertz CT molecular complexity index is 4580. The number of aromatic nitrogens is 5. The molecule has 0 saturated carbocycles. The third kappa shape index (κ3) is 5.48. The van der Waals surface area contributed by atoms with Gasteiger partial charge in [0.1, 0.15) is 11.2 Å². The molecule has 5 aromatic heterocycles. The van der Waals surface area contributed by atoms with Gasteiger partial charge in [0, 0.05) is 69.3 Å². The van der Waals surface area contributed by atoms with Crippen LogP contribution in [0.2, 0.25) is 0 Å². The summed E-state index contributed by atoms with van der Waals surface area (Å²) in [5.41, 5.74) is 10.6. The zero-order valence-electron chi connectivity index (χ0n) is 36.3. The second-order valence-corrected chi connectivity index (χ2v) is 18.6. The van der Waals surface area contributed by atoms with Crippen LogP contribution in [0.3, 0.4) is 0 Å². The molecule has 7 heteroatoms. The molecule has 10 aromatic carbocycles. The first kappa shape index (κ1) is 37.3. The van der Waals surface area contributed by atoms with Gasteiger partial charge in [-0.05, 0) is 95.7 Å². The van der Waals surface area contributed by atoms with Crippen molar-refractivity contribution in [1.82, 2.24) is 24.1 Å². The van der Waals surface area contributed by atoms with Crippen LogP contribution in [0.25, 0.3) is 142 Å². The summed E-state index contributed by atoms with van der Waals surface area (Å²) in [6.07, 6.45) is 0. The van der Waals surface area contributed by atoms with E-state index in [4.69, 9.17) is 19.4 Å². The second kappa shape index (κ2) is 14.3. The van der Waals surface area contributed by atoms with E-state index < -0.39 is 0 Å². The zero-order valence-corrected chi connectivity index (χ0v) is 37.1. The lowest BCUT2D eigenvalue weighted by Gasteiger charge is -2.15. The highest BCUT2D eigenvalue weighted by molar-refractivity contribution is 7.25. The van der Waals surface area contributed by atoms with Crippen LogP contribution in [0.4, 0.5) is 0 Å². The van der Waals surface area contributed by atoms with Gasteiger partial charge in [-0.3, -0.25) is 0 Å². The summed E-state index contributed by atoms with van der Waals surface area (Å²) in [7, 11) is 0. The van der Waals surface area contributed by atoms with Gasteiger partial charge in [-0.25, -0.2) is 15.0 Å². The van der Waals surface area contributed by atoms with Crippen molar-refractivity contribution in [3.63, 3.8) is 0 Å². The average molecular weight is 886 g/mol. The summed E-state index contributed by atoms with van der Waals surface area (Å²) in [5, 5.41) is 11.5. The number of nitrogens with zero attached hydrogens (tertiary/aromatic N) is 5. The molecule has 15 rings (SSSR count). The van der Waals surface area contributed by atoms with Gasteiger partial charge in [0.05, 0.1) is 33.3 Å². The van der Waals surface area contributed by atoms with Gasteiger partial charge in [0.25, 0.3) is 0 Å². The second-order valence-electron chi connectivity index (χ2n) is 17.5. The third-order valence-corrected chi connectivity index (χ3v) is 14.9. The van der Waals surface area contributed by atoms with Gasteiger partial charge >= 0.3 is 0 Å². The predicted octanol–water partition coefficient (Wildman–Crippen LogP) is 16.5. The topological polar surface area (TPSA) is 61.7 Å². The highest BCUT2D eigenvalue weighted by Crippen LogP contribution is 2.44. The van der Waals surface area contributed by atoms with E-state index in [2.05, 4.69) is 209 Å². The van der Waals surface area contributed by atoms with Crippen molar-refractivity contribution in [2.45, 2.75) is 0 Å². The summed E-state index contributed by atoms with van der Waals surface area (Å²) >= 11 is 1.79. The minimum absolute atomic E-state index is 0.527. The first-order valence-electron chi connectivity index (χ1n) is 22.8. The third-order valence-electron chi connectivity index (χ3n) is 13.7. The molecule has 0 bridgehead atoms. The maximum Gasteiger partial charge on any atom is 0.170 e. The smallest absolute Gasteiger partial charge is 0.170 e. The molecule has 316 valence electrons. The van der Waals surface area contributed by atoms with Gasteiger partial charge in [0.15, 0.2) is 17.5 Å². The van der Waals surface area contributed by atoms with Crippen LogP contribution in [0, 0.1) is 0 Å². The molecule has 0 fully saturated rings. The van der Waals surface area contributed by atoms with Gasteiger partial charge in [-0.2, -0.15) is 0 Å². The number of thiophene rings is 1. The Balaban J connectivity index is 1.05. The highest BCUT2D eigenvalue weighted by Gasteiger charge is 2.25. The number of fused-ring (bicyclic) bond motifs is 13. The van der Waals surface area contributed by atoms with Gasteiger partial charge in [-0.15, -0.1) is 11.3 Å². The Kier molecular flexibility index (Phi) is 7.85. The van der Waals surface area contributed by atoms with Crippen LogP contribution in [-0.4, -0.2) is 24.1 Å². The van der Waals surface area contributed by atoms with E-state index in [0.717, 1.165) is 82.8 Å². The van der Waals surface area contributed by atoms with E-state index in [1.165, 1.54) is 41.7 Å². The van der Waals surface area contributed by atoms with E-state index in [1.807, 2.05) is 12.1 Å². The first-order chi connectivity index (χ1) is 33.7. The van der Waals surface area contributed by atoms with Crippen LogP contribution >= 0.6 is 11.3 Å². The average Bonchev–Trinajstić information content (AvgIpc) is 4.15. The van der Waals surface area contributed by atoms with Crippen LogP contribution in [0.1, 0.15) is 0 Å². The molecule has 0 atom stereocenters. The van der Waals surface area contributed by atoms with E-state index in [-0.39, 0.29) is 0 Å². The Labute approximate surface area is 392 Å². The number of benzene rings is 10. The van der Waals surface area contributed by atoms with E-state index in [9.17, 15) is 0 Å². The van der Waals surface area contributed by atoms with Gasteiger partial charge in [0.2, 0.25) is 0 Å². The minimum atomic E-state index is 0.527. The number of para-hydroxylation sites is 4. The molecule has 0 aliphatic heterocycles. The Morgan fingerprint density at radius 3 is 1.74 bits per heavy atom. The van der Waals surface area contributed by atoms with E-state index >= 15 is 0 Å². The van der Waals surface area contributed by atoms with Crippen LogP contribution in [0.5, 0.6) is 0 Å². The lowest BCUT2D eigenvalue weighted by Crippen LogP contribution is -2.04. The lowest BCUT2D eigenvalue weighted by molar-refractivity contribution is 0.669. The zero-order chi connectivity index (χ0) is 44.5. The van der Waals surface area contributed by atoms with Crippen LogP contribution in [0.15, 0.2) is 217 Å². The molecule has 0 aliphatic rings. The Hall–Kier alpha value is -8.91. The van der Waals surface area contributed by atoms with Crippen molar-refractivity contribution in [2.75, 3.05) is 0 Å². The normalized spacial score (nSPS) is 12.1. The molecule has 68 heavy (non-hydrogen) atoms. The predicted molar refractivity (Wildman–Crippen MR) is 282 cm³/mol. The van der Waals surface area contributed by atoms with Crippen molar-refractivity contribution in [3.8, 4) is 45.5 Å². The molecule has 0 unspecified atom stereocenters. The molecule has 5 heterocycles. The minimum Gasteiger partial charge on any atom is -0.455 e. The number of furan rings is 1. The number of hydrogen-bond acceptors (Lipinski definition) is 5. The maximum atomic E-state index is 6.99. The van der Waals surface area contributed by atoms with Crippen LogP contribution < -0.4 is 0 Å². The molecule has 0 N–H and O–H groups in total. The number of rotatable bonds is 5. The SMILES string of the molecule is c1ccc(-n2c3ccccc3c3cc(-c4nc(-c5ccc6c(c5)sc5ccccc56)nc(-c5c(-n6c7ccccc7c7cc8ccccc8cc76)ccc6c5oc5ccccc56)n4)ccc32)cc1. The molecular formula is C61H35N5OS. The molecule has 6 nitrogen and oxygen atoms in total. The fraction of sp³-hybridized carbons (Fsp3) is 0. The summed E-state index contributed by atoms with van der Waals surface area (Å²) in [6.45, 7) is 0. The standard InChI is InChI=1S/C61H35N5OS/c1-2-16-40(17-3-1)65-49-22-10-6-18-41(49)47-33-38(27-30-51(47)65)59-62-60(39-26-28-45-44-21-9-13-25-55(44)68-56(45)35-39)64-61(63-59)57-52(31-29-46-43-20-8-12-24-54(43)67-58(46)57)66-50-23-11-7-19-42(50)48-32-36-14-4-5-15-37(36)34-53(48)66/h1-35H. The monoisotopic (exact) mass is 885 g/mol. The highest BCUT2D eigenvalue weighted by atomic mass is 32.1. The van der Waals surface area contributed by atoms with Crippen molar-refractivity contribution in [1.29, 1.82) is 0 Å². The maximum absolute atomic E-state index is 6.99. The van der Waals surface area contributed by atoms with Crippen molar-refractivity contribution >= 4 is 108 Å². The van der Waals surface area contributed by atoms with Gasteiger partial charge in [-0.1, -0.05) is 127 Å². The molecule has 15 aromatic rings. The quantitative estimate of drug-likeness (QED) is 0.173. The number of hydrogen-bond donors (Lipinski definition) is 0. The largest absolute Gasteiger partial charge is 0.455 e. The first-order valence-corrected chi connectivity index (χ1v) is 23.7. The Morgan fingerprint density at radius 2 is 0.926 bits per heavy atom. The molecule has 0 spiro atoms. The molecule has 0 aliphatic carbocycles. The summed E-state index contributed by atoms with van der Waals surface area (Å²) in [4.78, 5) is 16.5. The van der Waals surface area contributed by atoms with Crippen LogP contribution in [-0.2, 0) is 0 Å². The fourth-order valence-corrected chi connectivity index (χ4v) is 11.8. The Morgan fingerprint density at radius 1 is 0.353 bits per heavy atom. The van der Waals surface area contributed by atoms with E-state index in [1.54, 1.807) is 11.3 Å². The summed E-state index contributed by atoms with van der Waals surface area (Å²) in [6, 6.07) is 75.5.